The van der Waals surface area contributed by atoms with E-state index in [1.165, 1.54) is 38.6 Å². The smallest absolute Gasteiger partial charge is 0.211 e. The number of piperazine rings is 1. The Hall–Kier alpha value is -0.170. The van der Waals surface area contributed by atoms with Crippen LogP contribution in [0.5, 0.6) is 0 Å². The first kappa shape index (κ1) is 16.2. The normalized spacial score (nSPS) is 28.4. The first-order valence-electron chi connectivity index (χ1n) is 7.85. The van der Waals surface area contributed by atoms with E-state index in [9.17, 15) is 8.42 Å². The molecule has 0 bridgehead atoms. The topological polar surface area (TPSA) is 52.7 Å². The quantitative estimate of drug-likeness (QED) is 0.808. The third-order valence-corrected chi connectivity index (χ3v) is 6.14. The highest BCUT2D eigenvalue weighted by Crippen LogP contribution is 2.23. The number of rotatable bonds is 5. The Morgan fingerprint density at radius 2 is 1.95 bits per heavy atom. The second kappa shape index (κ2) is 7.20. The molecule has 0 aromatic heterocycles. The Kier molecular flexibility index (Phi) is 5.84. The van der Waals surface area contributed by atoms with Gasteiger partial charge in [0.25, 0.3) is 0 Å². The molecule has 2 fully saturated rings. The van der Waals surface area contributed by atoms with Crippen molar-refractivity contribution in [3.8, 4) is 0 Å². The second-order valence-electron chi connectivity index (χ2n) is 6.38. The maximum absolute atomic E-state index is 11.5. The fourth-order valence-electron chi connectivity index (χ4n) is 3.27. The van der Waals surface area contributed by atoms with Gasteiger partial charge in [-0.15, -0.1) is 0 Å². The Labute approximate surface area is 123 Å². The highest BCUT2D eigenvalue weighted by Gasteiger charge is 2.24. The molecule has 6 heteroatoms. The van der Waals surface area contributed by atoms with E-state index >= 15 is 0 Å². The first-order valence-corrected chi connectivity index (χ1v) is 9.70. The minimum atomic E-state index is -3.00. The van der Waals surface area contributed by atoms with E-state index in [1.54, 1.807) is 4.31 Å². The Morgan fingerprint density at radius 3 is 2.50 bits per heavy atom. The standard InChI is InChI=1S/C14H29N3O2S/c1-13(14-4-3-6-15-12-14)5-7-16-8-10-17(11-9-16)20(2,18)19/h13-15H,3-12H2,1-2H3. The predicted molar refractivity (Wildman–Crippen MR) is 82.2 cm³/mol. The molecule has 2 rings (SSSR count). The zero-order chi connectivity index (χ0) is 14.6. The number of nitrogens with one attached hydrogen (secondary N) is 1. The molecule has 2 unspecified atom stereocenters. The summed E-state index contributed by atoms with van der Waals surface area (Å²) in [6.45, 7) is 8.88. The van der Waals surface area contributed by atoms with Crippen molar-refractivity contribution >= 4 is 10.0 Å². The van der Waals surface area contributed by atoms with E-state index in [0.29, 0.717) is 13.1 Å². The van der Waals surface area contributed by atoms with Crippen LogP contribution < -0.4 is 5.32 Å². The number of sulfonamides is 1. The third kappa shape index (κ3) is 4.69. The molecule has 0 aromatic rings. The molecule has 2 saturated heterocycles. The average Bonchev–Trinajstić information content (AvgIpc) is 2.45. The summed E-state index contributed by atoms with van der Waals surface area (Å²) in [6.07, 6.45) is 5.20. The SMILES string of the molecule is CC(CCN1CCN(S(C)(=O)=O)CC1)C1CCCNC1. The number of nitrogens with zero attached hydrogens (tertiary/aromatic N) is 2. The van der Waals surface area contributed by atoms with Crippen LogP contribution in [0.4, 0.5) is 0 Å². The molecule has 0 saturated carbocycles. The van der Waals surface area contributed by atoms with E-state index in [0.717, 1.165) is 31.5 Å². The summed E-state index contributed by atoms with van der Waals surface area (Å²) in [6, 6.07) is 0. The Bertz CT molecular complexity index is 385. The van der Waals surface area contributed by atoms with Crippen molar-refractivity contribution in [1.29, 1.82) is 0 Å². The lowest BCUT2D eigenvalue weighted by molar-refractivity contribution is 0.165. The van der Waals surface area contributed by atoms with Gasteiger partial charge in [0.2, 0.25) is 10.0 Å². The highest BCUT2D eigenvalue weighted by atomic mass is 32.2. The maximum Gasteiger partial charge on any atom is 0.211 e. The third-order valence-electron chi connectivity index (χ3n) is 4.84. The van der Waals surface area contributed by atoms with Crippen LogP contribution >= 0.6 is 0 Å². The Balaban J connectivity index is 1.68. The van der Waals surface area contributed by atoms with Crippen molar-refractivity contribution in [3.63, 3.8) is 0 Å². The number of hydrogen-bond donors (Lipinski definition) is 1. The van der Waals surface area contributed by atoms with Gasteiger partial charge in [0.1, 0.15) is 0 Å². The van der Waals surface area contributed by atoms with E-state index in [4.69, 9.17) is 0 Å². The summed E-state index contributed by atoms with van der Waals surface area (Å²) in [7, 11) is -3.00. The van der Waals surface area contributed by atoms with Crippen LogP contribution in [0.15, 0.2) is 0 Å². The minimum Gasteiger partial charge on any atom is -0.316 e. The van der Waals surface area contributed by atoms with Gasteiger partial charge in [-0.05, 0) is 50.7 Å². The van der Waals surface area contributed by atoms with Gasteiger partial charge in [0.05, 0.1) is 6.26 Å². The van der Waals surface area contributed by atoms with Crippen LogP contribution in [0.2, 0.25) is 0 Å². The van der Waals surface area contributed by atoms with Crippen LogP contribution in [0.25, 0.3) is 0 Å². The van der Waals surface area contributed by atoms with Crippen LogP contribution in [-0.2, 0) is 10.0 Å². The van der Waals surface area contributed by atoms with Gasteiger partial charge in [-0.25, -0.2) is 8.42 Å². The maximum atomic E-state index is 11.5. The van der Waals surface area contributed by atoms with Crippen molar-refractivity contribution in [2.75, 3.05) is 52.1 Å². The Morgan fingerprint density at radius 1 is 1.25 bits per heavy atom. The molecule has 5 nitrogen and oxygen atoms in total. The highest BCUT2D eigenvalue weighted by molar-refractivity contribution is 7.88. The molecule has 0 aliphatic carbocycles. The van der Waals surface area contributed by atoms with E-state index in [2.05, 4.69) is 17.1 Å². The van der Waals surface area contributed by atoms with Crippen LogP contribution in [0, 0.1) is 11.8 Å². The van der Waals surface area contributed by atoms with E-state index in [-0.39, 0.29) is 0 Å². The second-order valence-corrected chi connectivity index (χ2v) is 8.36. The van der Waals surface area contributed by atoms with Crippen molar-refractivity contribution in [3.05, 3.63) is 0 Å². The number of hydrogen-bond acceptors (Lipinski definition) is 4. The lowest BCUT2D eigenvalue weighted by atomic mass is 9.85. The van der Waals surface area contributed by atoms with Gasteiger partial charge < -0.3 is 10.2 Å². The monoisotopic (exact) mass is 303 g/mol. The molecule has 0 amide bonds. The molecule has 2 aliphatic rings. The molecule has 20 heavy (non-hydrogen) atoms. The van der Waals surface area contributed by atoms with Crippen molar-refractivity contribution in [2.45, 2.75) is 26.2 Å². The van der Waals surface area contributed by atoms with Crippen LogP contribution in [-0.4, -0.2) is 69.7 Å². The largest absolute Gasteiger partial charge is 0.316 e. The summed E-state index contributed by atoms with van der Waals surface area (Å²) in [4.78, 5) is 2.41. The fourth-order valence-corrected chi connectivity index (χ4v) is 4.10. The van der Waals surface area contributed by atoms with E-state index in [1.807, 2.05) is 0 Å². The van der Waals surface area contributed by atoms with Crippen molar-refractivity contribution in [1.82, 2.24) is 14.5 Å². The molecule has 118 valence electrons. The van der Waals surface area contributed by atoms with Crippen molar-refractivity contribution in [2.24, 2.45) is 11.8 Å². The molecule has 2 atom stereocenters. The van der Waals surface area contributed by atoms with Crippen LogP contribution in [0.3, 0.4) is 0 Å². The zero-order valence-electron chi connectivity index (χ0n) is 12.8. The summed E-state index contributed by atoms with van der Waals surface area (Å²) in [5.41, 5.74) is 0. The van der Waals surface area contributed by atoms with Crippen molar-refractivity contribution < 1.29 is 8.42 Å². The lowest BCUT2D eigenvalue weighted by Crippen LogP contribution is -2.48. The van der Waals surface area contributed by atoms with Gasteiger partial charge in [-0.1, -0.05) is 6.92 Å². The molecular weight excluding hydrogens is 274 g/mol. The van der Waals surface area contributed by atoms with Gasteiger partial charge in [-0.2, -0.15) is 4.31 Å². The molecular formula is C14H29N3O2S. The first-order chi connectivity index (χ1) is 9.47. The van der Waals surface area contributed by atoms with Crippen LogP contribution in [0.1, 0.15) is 26.2 Å². The minimum absolute atomic E-state index is 0.651. The summed E-state index contributed by atoms with van der Waals surface area (Å²) >= 11 is 0. The zero-order valence-corrected chi connectivity index (χ0v) is 13.7. The molecule has 2 aliphatic heterocycles. The fraction of sp³-hybridized carbons (Fsp3) is 1.00. The lowest BCUT2D eigenvalue weighted by Gasteiger charge is -2.35. The molecule has 2 heterocycles. The predicted octanol–water partition coefficient (Wildman–Crippen LogP) is 0.589. The van der Waals surface area contributed by atoms with Gasteiger partial charge in [0.15, 0.2) is 0 Å². The molecule has 0 aromatic carbocycles. The molecule has 0 radical (unpaired) electrons. The van der Waals surface area contributed by atoms with E-state index < -0.39 is 10.0 Å². The molecule has 1 N–H and O–H groups in total. The van der Waals surface area contributed by atoms with Gasteiger partial charge in [0, 0.05) is 26.2 Å². The summed E-state index contributed by atoms with van der Waals surface area (Å²) in [5.74, 6) is 1.58. The van der Waals surface area contributed by atoms with Gasteiger partial charge in [-0.3, -0.25) is 0 Å². The average molecular weight is 303 g/mol. The number of piperidine rings is 1. The summed E-state index contributed by atoms with van der Waals surface area (Å²) < 4.78 is 24.5. The molecule has 0 spiro atoms. The summed E-state index contributed by atoms with van der Waals surface area (Å²) in [5, 5.41) is 3.49. The van der Waals surface area contributed by atoms with Gasteiger partial charge >= 0.3 is 0 Å².